The van der Waals surface area contributed by atoms with Gasteiger partial charge in [-0.2, -0.15) is 21.4 Å². The molecule has 20 heavy (non-hydrogen) atoms. The first-order chi connectivity index (χ1) is 9.72. The molecule has 2 aromatic rings. The molecule has 1 fully saturated rings. The summed E-state index contributed by atoms with van der Waals surface area (Å²) in [5.41, 5.74) is 1.81. The smallest absolute Gasteiger partial charge is 0.157 e. The maximum Gasteiger partial charge on any atom is 0.157 e. The van der Waals surface area contributed by atoms with E-state index in [1.165, 1.54) is 11.5 Å². The van der Waals surface area contributed by atoms with Gasteiger partial charge in [0.1, 0.15) is 5.82 Å². The lowest BCUT2D eigenvalue weighted by atomic mass is 9.96. The van der Waals surface area contributed by atoms with Crippen molar-refractivity contribution in [1.82, 2.24) is 14.6 Å². The summed E-state index contributed by atoms with van der Waals surface area (Å²) in [4.78, 5) is 4.45. The van der Waals surface area contributed by atoms with Crippen LogP contribution in [0.2, 0.25) is 0 Å². The fourth-order valence-corrected chi connectivity index (χ4v) is 3.85. The Bertz CT molecular complexity index is 592. The van der Waals surface area contributed by atoms with Gasteiger partial charge in [0, 0.05) is 31.5 Å². The van der Waals surface area contributed by atoms with Crippen molar-refractivity contribution in [2.75, 3.05) is 30.5 Å². The van der Waals surface area contributed by atoms with Crippen LogP contribution >= 0.6 is 11.8 Å². The van der Waals surface area contributed by atoms with Gasteiger partial charge in [-0.1, -0.05) is 0 Å². The molecule has 1 aliphatic heterocycles. The topological polar surface area (TPSA) is 51.5 Å². The fourth-order valence-electron chi connectivity index (χ4n) is 2.61. The first-order valence-corrected chi connectivity index (χ1v) is 8.06. The van der Waals surface area contributed by atoms with Crippen LogP contribution in [0.25, 0.3) is 5.65 Å². The van der Waals surface area contributed by atoms with Gasteiger partial charge in [0.05, 0.1) is 11.8 Å². The first-order valence-electron chi connectivity index (χ1n) is 6.91. The third kappa shape index (κ3) is 2.62. The maximum absolute atomic E-state index is 5.80. The third-order valence-electron chi connectivity index (χ3n) is 3.92. The van der Waals surface area contributed by atoms with Gasteiger partial charge < -0.3 is 10.1 Å². The highest BCUT2D eigenvalue weighted by molar-refractivity contribution is 7.99. The van der Waals surface area contributed by atoms with Crippen LogP contribution in [0, 0.1) is 6.92 Å². The number of nitrogens with zero attached hydrogens (tertiary/aromatic N) is 3. The van der Waals surface area contributed by atoms with Gasteiger partial charge >= 0.3 is 0 Å². The second-order valence-corrected chi connectivity index (χ2v) is 6.46. The van der Waals surface area contributed by atoms with Crippen molar-refractivity contribution < 1.29 is 4.74 Å². The molecule has 0 bridgehead atoms. The van der Waals surface area contributed by atoms with E-state index in [0.29, 0.717) is 0 Å². The molecule has 0 amide bonds. The number of thioether (sulfide) groups is 1. The minimum atomic E-state index is -0.0537. The fraction of sp³-hybridized carbons (Fsp3) is 0.571. The zero-order valence-corrected chi connectivity index (χ0v) is 12.7. The Morgan fingerprint density at radius 3 is 3.00 bits per heavy atom. The number of hydrogen-bond acceptors (Lipinski definition) is 5. The van der Waals surface area contributed by atoms with Crippen molar-refractivity contribution >= 4 is 23.2 Å². The summed E-state index contributed by atoms with van der Waals surface area (Å²) in [6.45, 7) is 2.81. The first kappa shape index (κ1) is 13.7. The molecular weight excluding hydrogens is 272 g/mol. The van der Waals surface area contributed by atoms with Crippen molar-refractivity contribution in [1.29, 1.82) is 0 Å². The molecule has 6 heteroatoms. The summed E-state index contributed by atoms with van der Waals surface area (Å²) >= 11 is 2.01. The summed E-state index contributed by atoms with van der Waals surface area (Å²) in [6, 6.07) is 3.95. The minimum Gasteiger partial charge on any atom is -0.376 e. The number of aryl methyl sites for hydroxylation is 1. The largest absolute Gasteiger partial charge is 0.376 e. The van der Waals surface area contributed by atoms with Gasteiger partial charge in [0.25, 0.3) is 0 Å². The molecule has 5 nitrogen and oxygen atoms in total. The van der Waals surface area contributed by atoms with Crippen LogP contribution in [0.15, 0.2) is 18.3 Å². The van der Waals surface area contributed by atoms with Gasteiger partial charge in [-0.3, -0.25) is 0 Å². The normalized spacial score (nSPS) is 18.3. The molecule has 0 spiro atoms. The lowest BCUT2D eigenvalue weighted by molar-refractivity contribution is -0.00556. The van der Waals surface area contributed by atoms with Crippen molar-refractivity contribution in [3.05, 3.63) is 24.0 Å². The van der Waals surface area contributed by atoms with Crippen LogP contribution in [0.1, 0.15) is 18.5 Å². The lowest BCUT2D eigenvalue weighted by Gasteiger charge is -2.36. The number of ether oxygens (including phenoxy) is 1. The van der Waals surface area contributed by atoms with E-state index in [0.717, 1.165) is 36.5 Å². The zero-order valence-electron chi connectivity index (χ0n) is 11.9. The molecule has 0 atom stereocenters. The summed E-state index contributed by atoms with van der Waals surface area (Å²) in [6.07, 6.45) is 3.96. The molecule has 1 N–H and O–H groups in total. The third-order valence-corrected chi connectivity index (χ3v) is 4.90. The van der Waals surface area contributed by atoms with Crippen LogP contribution in [0.5, 0.6) is 0 Å². The molecule has 108 valence electrons. The van der Waals surface area contributed by atoms with Crippen LogP contribution in [0.4, 0.5) is 5.82 Å². The standard InChI is InChI=1S/C14H20N4OS/c1-11-9-13(18-12(17-11)3-6-16-18)15-10-14(19-2)4-7-20-8-5-14/h3,6,9,15H,4-5,7-8,10H2,1-2H3. The van der Waals surface area contributed by atoms with Crippen LogP contribution < -0.4 is 5.32 Å². The average molecular weight is 292 g/mol. The Kier molecular flexibility index (Phi) is 3.85. The molecule has 0 aromatic carbocycles. The van der Waals surface area contributed by atoms with E-state index in [1.807, 2.05) is 42.4 Å². The molecular formula is C14H20N4OS. The molecule has 0 aliphatic carbocycles. The lowest BCUT2D eigenvalue weighted by Crippen LogP contribution is -2.42. The Balaban J connectivity index is 1.80. The van der Waals surface area contributed by atoms with E-state index in [-0.39, 0.29) is 5.60 Å². The van der Waals surface area contributed by atoms with Gasteiger partial charge in [0.15, 0.2) is 5.65 Å². The molecule has 3 heterocycles. The number of fused-ring (bicyclic) bond motifs is 1. The SMILES string of the molecule is COC1(CNc2cc(C)nc3ccnn23)CCSCC1. The highest BCUT2D eigenvalue weighted by Crippen LogP contribution is 2.30. The molecule has 0 unspecified atom stereocenters. The minimum absolute atomic E-state index is 0.0537. The number of aromatic nitrogens is 3. The van der Waals surface area contributed by atoms with Gasteiger partial charge in [-0.05, 0) is 31.3 Å². The highest BCUT2D eigenvalue weighted by atomic mass is 32.2. The number of rotatable bonds is 4. The molecule has 0 saturated carbocycles. The Morgan fingerprint density at radius 1 is 1.45 bits per heavy atom. The van der Waals surface area contributed by atoms with E-state index in [1.54, 1.807) is 6.20 Å². The van der Waals surface area contributed by atoms with E-state index in [9.17, 15) is 0 Å². The van der Waals surface area contributed by atoms with E-state index >= 15 is 0 Å². The van der Waals surface area contributed by atoms with E-state index in [2.05, 4.69) is 15.4 Å². The Morgan fingerprint density at radius 2 is 2.25 bits per heavy atom. The molecule has 0 radical (unpaired) electrons. The quantitative estimate of drug-likeness (QED) is 0.937. The summed E-state index contributed by atoms with van der Waals surface area (Å²) in [7, 11) is 1.82. The van der Waals surface area contributed by atoms with E-state index < -0.39 is 0 Å². The van der Waals surface area contributed by atoms with Crippen molar-refractivity contribution in [2.45, 2.75) is 25.4 Å². The van der Waals surface area contributed by atoms with Gasteiger partial charge in [0.2, 0.25) is 0 Å². The Hall–Kier alpha value is -1.27. The van der Waals surface area contributed by atoms with Crippen molar-refractivity contribution in [2.24, 2.45) is 0 Å². The van der Waals surface area contributed by atoms with Gasteiger partial charge in [-0.15, -0.1) is 0 Å². The van der Waals surface area contributed by atoms with Crippen LogP contribution in [0.3, 0.4) is 0 Å². The number of hydrogen-bond donors (Lipinski definition) is 1. The molecule has 1 saturated heterocycles. The number of nitrogens with one attached hydrogen (secondary N) is 1. The predicted molar refractivity (Wildman–Crippen MR) is 82.5 cm³/mol. The number of methoxy groups -OCH3 is 1. The molecule has 1 aliphatic rings. The maximum atomic E-state index is 5.80. The second-order valence-electron chi connectivity index (χ2n) is 5.24. The number of anilines is 1. The molecule has 3 rings (SSSR count). The second kappa shape index (κ2) is 5.61. The van der Waals surface area contributed by atoms with E-state index in [4.69, 9.17) is 4.74 Å². The summed E-state index contributed by atoms with van der Waals surface area (Å²) < 4.78 is 7.64. The van der Waals surface area contributed by atoms with Crippen LogP contribution in [-0.2, 0) is 4.74 Å². The van der Waals surface area contributed by atoms with Crippen molar-refractivity contribution in [3.63, 3.8) is 0 Å². The zero-order chi connectivity index (χ0) is 14.0. The van der Waals surface area contributed by atoms with Crippen molar-refractivity contribution in [3.8, 4) is 0 Å². The monoisotopic (exact) mass is 292 g/mol. The average Bonchev–Trinajstić information content (AvgIpc) is 2.94. The summed E-state index contributed by atoms with van der Waals surface area (Å²) in [5, 5.41) is 7.82. The van der Waals surface area contributed by atoms with Crippen LogP contribution in [-0.4, -0.2) is 45.4 Å². The predicted octanol–water partition coefficient (Wildman–Crippen LogP) is 2.36. The highest BCUT2D eigenvalue weighted by Gasteiger charge is 2.32. The summed E-state index contributed by atoms with van der Waals surface area (Å²) in [5.74, 6) is 3.32. The Labute approximate surface area is 123 Å². The van der Waals surface area contributed by atoms with Gasteiger partial charge in [-0.25, -0.2) is 4.98 Å². The molecule has 2 aromatic heterocycles.